The molecule has 4 aromatic rings. The van der Waals surface area contributed by atoms with Gasteiger partial charge in [-0.2, -0.15) is 0 Å². The van der Waals surface area contributed by atoms with Gasteiger partial charge >= 0.3 is 0 Å². The molecule has 0 saturated carbocycles. The first kappa shape index (κ1) is 64.2. The SMILES string of the molecule is COc1ccc(NC(=O)[C@H](CCCNC(=N)N)NC(=O)c2cc(NC(=O)[C@H](CCCNC(=N)N)NC(=O)c3cc(NC(=O)[C@H](CCCCNC(=N)N)NC(=O)c4cc(NC(C)=O)ccc4OC)ccc3OC)ccc2OC)cc1C(N)=O. The largest absolute Gasteiger partial charge is 0.496 e. The van der Waals surface area contributed by atoms with Crippen LogP contribution < -0.4 is 95.1 Å². The topological polar surface area (TPSA) is 469 Å². The van der Waals surface area contributed by atoms with Crippen molar-refractivity contribution in [1.82, 2.24) is 31.9 Å². The first-order valence-electron chi connectivity index (χ1n) is 25.5. The molecule has 440 valence electrons. The third-order valence-corrected chi connectivity index (χ3v) is 12.0. The van der Waals surface area contributed by atoms with Gasteiger partial charge in [-0.1, -0.05) is 0 Å². The predicted octanol–water partition coefficient (Wildman–Crippen LogP) is 1.17. The Morgan fingerprint density at radius 1 is 0.415 bits per heavy atom. The van der Waals surface area contributed by atoms with E-state index in [2.05, 4.69) is 53.2 Å². The maximum atomic E-state index is 14.3. The molecule has 0 aliphatic carbocycles. The molecule has 3 atom stereocenters. The van der Waals surface area contributed by atoms with Gasteiger partial charge in [0.05, 0.1) is 50.7 Å². The highest BCUT2D eigenvalue weighted by molar-refractivity contribution is 6.07. The second-order valence-corrected chi connectivity index (χ2v) is 18.1. The highest BCUT2D eigenvalue weighted by Crippen LogP contribution is 2.28. The molecular weight excluding hydrogens is 1070 g/mol. The zero-order chi connectivity index (χ0) is 60.5. The minimum absolute atomic E-state index is 0.00812. The number of nitrogens with two attached hydrogens (primary N) is 4. The highest BCUT2D eigenvalue weighted by atomic mass is 16.5. The summed E-state index contributed by atoms with van der Waals surface area (Å²) in [5, 5.41) is 49.4. The lowest BCUT2D eigenvalue weighted by atomic mass is 10.1. The first-order valence-corrected chi connectivity index (χ1v) is 25.5. The van der Waals surface area contributed by atoms with Crippen molar-refractivity contribution < 1.29 is 57.3 Å². The highest BCUT2D eigenvalue weighted by Gasteiger charge is 2.29. The summed E-state index contributed by atoms with van der Waals surface area (Å²) in [5.74, 6) is -6.07. The van der Waals surface area contributed by atoms with Crippen LogP contribution in [-0.2, 0) is 19.2 Å². The van der Waals surface area contributed by atoms with Gasteiger partial charge in [0.15, 0.2) is 17.9 Å². The van der Waals surface area contributed by atoms with E-state index in [-0.39, 0.29) is 131 Å². The van der Waals surface area contributed by atoms with Crippen LogP contribution in [0.3, 0.4) is 0 Å². The summed E-state index contributed by atoms with van der Waals surface area (Å²) in [6.07, 6.45) is 1.41. The van der Waals surface area contributed by atoms with Crippen molar-refractivity contribution in [3.8, 4) is 23.0 Å². The lowest BCUT2D eigenvalue weighted by molar-refractivity contribution is -0.118. The van der Waals surface area contributed by atoms with Gasteiger partial charge in [-0.05, 0) is 118 Å². The van der Waals surface area contributed by atoms with E-state index in [4.69, 9.17) is 58.1 Å². The van der Waals surface area contributed by atoms with Crippen molar-refractivity contribution in [2.75, 3.05) is 69.3 Å². The average molecular weight is 1140 g/mol. The number of amides is 8. The summed E-state index contributed by atoms with van der Waals surface area (Å²) in [6, 6.07) is 13.3. The molecule has 0 unspecified atom stereocenters. The number of rotatable bonds is 31. The normalized spacial score (nSPS) is 11.6. The molecular formula is C53H71N17O12. The third-order valence-electron chi connectivity index (χ3n) is 12.0. The number of carbonyl (C=O) groups excluding carboxylic acids is 8. The van der Waals surface area contributed by atoms with Crippen LogP contribution in [0.2, 0.25) is 0 Å². The number of guanidine groups is 3. The van der Waals surface area contributed by atoms with E-state index >= 15 is 0 Å². The number of ether oxygens (including phenoxy) is 4. The van der Waals surface area contributed by atoms with Gasteiger partial charge in [0.2, 0.25) is 23.6 Å². The minimum atomic E-state index is -1.30. The number of unbranched alkanes of at least 4 members (excludes halogenated alkanes) is 1. The Balaban J connectivity index is 1.60. The molecule has 0 fully saturated rings. The van der Waals surface area contributed by atoms with Crippen molar-refractivity contribution in [3.05, 3.63) is 95.1 Å². The van der Waals surface area contributed by atoms with Crippen molar-refractivity contribution in [2.45, 2.75) is 70.0 Å². The molecule has 0 heterocycles. The number of hydrogen-bond acceptors (Lipinski definition) is 15. The van der Waals surface area contributed by atoms with Gasteiger partial charge < -0.3 is 95.1 Å². The number of methoxy groups -OCH3 is 4. The Kier molecular flexibility index (Phi) is 25.0. The maximum Gasteiger partial charge on any atom is 0.255 e. The summed E-state index contributed by atoms with van der Waals surface area (Å²) < 4.78 is 21.6. The fourth-order valence-corrected chi connectivity index (χ4v) is 8.03. The number of hydrogen-bond donors (Lipinski definition) is 17. The number of nitrogens with one attached hydrogen (secondary N) is 13. The van der Waals surface area contributed by atoms with E-state index in [0.717, 1.165) is 0 Å². The average Bonchev–Trinajstić information content (AvgIpc) is 3.61. The Morgan fingerprint density at radius 3 is 0.988 bits per heavy atom. The quantitative estimate of drug-likeness (QED) is 0.0191. The Morgan fingerprint density at radius 2 is 0.695 bits per heavy atom. The van der Waals surface area contributed by atoms with E-state index in [1.807, 2.05) is 0 Å². The molecule has 4 rings (SSSR count). The smallest absolute Gasteiger partial charge is 0.255 e. The van der Waals surface area contributed by atoms with Gasteiger partial charge in [0, 0.05) is 49.3 Å². The molecule has 21 N–H and O–H groups in total. The van der Waals surface area contributed by atoms with Gasteiger partial charge in [0.1, 0.15) is 41.1 Å². The molecule has 0 saturated heterocycles. The minimum Gasteiger partial charge on any atom is -0.496 e. The molecule has 0 aliphatic rings. The zero-order valence-corrected chi connectivity index (χ0v) is 45.9. The molecule has 0 radical (unpaired) electrons. The Hall–Kier alpha value is -10.4. The second-order valence-electron chi connectivity index (χ2n) is 18.1. The van der Waals surface area contributed by atoms with E-state index in [9.17, 15) is 38.4 Å². The molecule has 0 aromatic heterocycles. The van der Waals surface area contributed by atoms with Crippen LogP contribution in [0, 0.1) is 16.2 Å². The molecule has 0 spiro atoms. The van der Waals surface area contributed by atoms with Crippen LogP contribution in [0.5, 0.6) is 23.0 Å². The predicted molar refractivity (Wildman–Crippen MR) is 307 cm³/mol. The Labute approximate surface area is 472 Å². The lowest BCUT2D eigenvalue weighted by Gasteiger charge is -2.22. The number of anilines is 4. The fourth-order valence-electron chi connectivity index (χ4n) is 8.03. The first-order chi connectivity index (χ1) is 39.1. The van der Waals surface area contributed by atoms with Crippen molar-refractivity contribution in [1.29, 1.82) is 16.2 Å². The molecule has 0 aliphatic heterocycles. The van der Waals surface area contributed by atoms with E-state index < -0.39 is 59.5 Å². The van der Waals surface area contributed by atoms with Gasteiger partial charge in [-0.25, -0.2) is 0 Å². The molecule has 82 heavy (non-hydrogen) atoms. The van der Waals surface area contributed by atoms with E-state index in [1.165, 1.54) is 102 Å². The number of carbonyl (C=O) groups is 8. The van der Waals surface area contributed by atoms with E-state index in [0.29, 0.717) is 25.1 Å². The summed E-state index contributed by atoms with van der Waals surface area (Å²) in [4.78, 5) is 108. The second kappa shape index (κ2) is 31.9. The summed E-state index contributed by atoms with van der Waals surface area (Å²) >= 11 is 0. The standard InChI is InChI=1S/C53H71N17O12/c1-28(71)64-29-13-18-41(80-3)34(25-29)45(73)68-37(10-6-7-21-61-51(55)56)48(76)66-31-15-19-42(81-4)35(26-31)47(75)70-39(12-9-23-63-53(59)60)50(78)67-32-16-20-43(82-5)36(27-32)46(74)69-38(11-8-22-62-52(57)58)49(77)65-30-14-17-40(79-2)33(24-30)44(54)72/h13-20,24-27,37-39H,6-12,21-23H2,1-5H3,(H2,54,72)(H,64,71)(H,65,77)(H,66,76)(H,67,78)(H,68,73)(H,69,74)(H,70,75)(H4,55,56,61)(H4,57,58,62)(H4,59,60,63)/t37-,38-,39-/m0/s1. The summed E-state index contributed by atoms with van der Waals surface area (Å²) in [6.45, 7) is 1.93. The molecule has 8 amide bonds. The third kappa shape index (κ3) is 20.1. The monoisotopic (exact) mass is 1140 g/mol. The van der Waals surface area contributed by atoms with Crippen LogP contribution in [-0.4, -0.2) is 131 Å². The molecule has 29 heteroatoms. The zero-order valence-electron chi connectivity index (χ0n) is 45.9. The van der Waals surface area contributed by atoms with Gasteiger partial charge in [0.25, 0.3) is 23.6 Å². The molecule has 29 nitrogen and oxygen atoms in total. The number of benzene rings is 4. The van der Waals surface area contributed by atoms with Crippen molar-refractivity contribution >= 4 is 87.9 Å². The van der Waals surface area contributed by atoms with Crippen LogP contribution in [0.15, 0.2) is 72.8 Å². The van der Waals surface area contributed by atoms with Gasteiger partial charge in [-0.15, -0.1) is 0 Å². The summed E-state index contributed by atoms with van der Waals surface area (Å²) in [7, 11) is 5.32. The van der Waals surface area contributed by atoms with Crippen LogP contribution in [0.4, 0.5) is 22.7 Å². The molecule has 0 bridgehead atoms. The van der Waals surface area contributed by atoms with Crippen molar-refractivity contribution in [2.24, 2.45) is 22.9 Å². The molecule has 4 aromatic carbocycles. The van der Waals surface area contributed by atoms with Crippen LogP contribution in [0.25, 0.3) is 0 Å². The van der Waals surface area contributed by atoms with Crippen LogP contribution in [0.1, 0.15) is 93.3 Å². The van der Waals surface area contributed by atoms with Gasteiger partial charge in [-0.3, -0.25) is 54.6 Å². The van der Waals surface area contributed by atoms with Crippen LogP contribution >= 0.6 is 0 Å². The summed E-state index contributed by atoms with van der Waals surface area (Å²) in [5.41, 5.74) is 22.3. The lowest BCUT2D eigenvalue weighted by Crippen LogP contribution is -2.45. The Bertz CT molecular complexity index is 3010. The fraction of sp³-hybridized carbons (Fsp3) is 0.340. The maximum absolute atomic E-state index is 14.3. The van der Waals surface area contributed by atoms with E-state index in [1.54, 1.807) is 6.07 Å². The number of primary amides is 1. The van der Waals surface area contributed by atoms with Crippen molar-refractivity contribution in [3.63, 3.8) is 0 Å².